The van der Waals surface area contributed by atoms with Crippen LogP contribution in [0, 0.1) is 11.3 Å². The van der Waals surface area contributed by atoms with Crippen molar-refractivity contribution < 1.29 is 9.84 Å². The average Bonchev–Trinajstić information content (AvgIpc) is 2.53. The van der Waals surface area contributed by atoms with Gasteiger partial charge in [-0.3, -0.25) is 4.79 Å². The highest BCUT2D eigenvalue weighted by molar-refractivity contribution is 5.51. The molecule has 0 aliphatic carbocycles. The molecule has 0 amide bonds. The van der Waals surface area contributed by atoms with Gasteiger partial charge in [0.05, 0.1) is 23.4 Å². The highest BCUT2D eigenvalue weighted by Gasteiger charge is 2.43. The van der Waals surface area contributed by atoms with Gasteiger partial charge < -0.3 is 20.1 Å². The topological polar surface area (TPSA) is 98.1 Å². The summed E-state index contributed by atoms with van der Waals surface area (Å²) in [7, 11) is 0. The molecule has 0 saturated carbocycles. The number of aromatic nitrogens is 1. The molecule has 3 rings (SSSR count). The van der Waals surface area contributed by atoms with E-state index in [1.54, 1.807) is 44.3 Å². The van der Waals surface area contributed by atoms with E-state index in [0.717, 1.165) is 0 Å². The van der Waals surface area contributed by atoms with Gasteiger partial charge in [-0.05, 0) is 38.1 Å². The van der Waals surface area contributed by atoms with Crippen molar-refractivity contribution in [3.8, 4) is 11.8 Å². The largest absolute Gasteiger partial charge is 0.485 e. The van der Waals surface area contributed by atoms with Crippen LogP contribution in [0.5, 0.6) is 5.75 Å². The van der Waals surface area contributed by atoms with E-state index < -0.39 is 17.7 Å². The molecular formula is C17H17N3O3. The predicted octanol–water partition coefficient (Wildman–Crippen LogP) is 1.93. The van der Waals surface area contributed by atoms with Crippen LogP contribution in [0.4, 0.5) is 5.69 Å². The van der Waals surface area contributed by atoms with Crippen LogP contribution >= 0.6 is 0 Å². The van der Waals surface area contributed by atoms with Gasteiger partial charge in [-0.2, -0.15) is 5.26 Å². The molecule has 0 fully saturated rings. The van der Waals surface area contributed by atoms with Crippen LogP contribution in [-0.4, -0.2) is 21.8 Å². The third-order valence-electron chi connectivity index (χ3n) is 3.98. The summed E-state index contributed by atoms with van der Waals surface area (Å²) in [4.78, 5) is 13.8. The van der Waals surface area contributed by atoms with Crippen molar-refractivity contribution in [3.63, 3.8) is 0 Å². The summed E-state index contributed by atoms with van der Waals surface area (Å²) in [6.45, 7) is 3.61. The summed E-state index contributed by atoms with van der Waals surface area (Å²) >= 11 is 0. The zero-order valence-corrected chi connectivity index (χ0v) is 12.8. The van der Waals surface area contributed by atoms with E-state index in [0.29, 0.717) is 22.6 Å². The summed E-state index contributed by atoms with van der Waals surface area (Å²) in [6.07, 6.45) is 0.710. The minimum Gasteiger partial charge on any atom is -0.485 e. The molecule has 118 valence electrons. The minimum atomic E-state index is -0.837. The minimum absolute atomic E-state index is 0.199. The molecule has 1 aromatic heterocycles. The van der Waals surface area contributed by atoms with Crippen molar-refractivity contribution in [1.29, 1.82) is 5.26 Å². The van der Waals surface area contributed by atoms with Crippen molar-refractivity contribution in [2.75, 3.05) is 5.32 Å². The first-order valence-corrected chi connectivity index (χ1v) is 7.27. The number of rotatable bonds is 2. The van der Waals surface area contributed by atoms with Gasteiger partial charge in [0.1, 0.15) is 17.5 Å². The molecule has 3 N–H and O–H groups in total. The molecule has 23 heavy (non-hydrogen) atoms. The van der Waals surface area contributed by atoms with Crippen molar-refractivity contribution in [2.45, 2.75) is 31.6 Å². The number of aliphatic hydroxyl groups excluding tert-OH is 1. The standard InChI is InChI=1S/C17H17N3O3/c1-17(2)16(22)15(20-11-4-6-14(21)19-9-11)12-7-10(8-18)3-5-13(12)23-17/h3-7,9,15-16,20,22H,1-2H3,(H,19,21). The first-order valence-electron chi connectivity index (χ1n) is 7.27. The number of anilines is 1. The second-order valence-corrected chi connectivity index (χ2v) is 6.08. The number of fused-ring (bicyclic) bond motifs is 1. The summed E-state index contributed by atoms with van der Waals surface area (Å²) in [5.41, 5.74) is 0.880. The van der Waals surface area contributed by atoms with Gasteiger partial charge in [0.25, 0.3) is 0 Å². The zero-order valence-electron chi connectivity index (χ0n) is 12.8. The second kappa shape index (κ2) is 5.45. The lowest BCUT2D eigenvalue weighted by Crippen LogP contribution is -2.50. The molecular weight excluding hydrogens is 294 g/mol. The third kappa shape index (κ3) is 2.79. The van der Waals surface area contributed by atoms with E-state index in [4.69, 9.17) is 10.00 Å². The van der Waals surface area contributed by atoms with Gasteiger partial charge in [0.2, 0.25) is 5.56 Å². The Bertz CT molecular complexity index is 815. The maximum Gasteiger partial charge on any atom is 0.248 e. The number of nitrogens with zero attached hydrogens (tertiary/aromatic N) is 1. The molecule has 2 aromatic rings. The Balaban J connectivity index is 2.04. The molecule has 6 heteroatoms. The number of nitriles is 1. The summed E-state index contributed by atoms with van der Waals surface area (Å²) in [5.74, 6) is 0.626. The van der Waals surface area contributed by atoms with Crippen molar-refractivity contribution in [2.24, 2.45) is 0 Å². The highest BCUT2D eigenvalue weighted by atomic mass is 16.5. The molecule has 0 bridgehead atoms. The molecule has 0 saturated heterocycles. The van der Waals surface area contributed by atoms with Crippen LogP contribution in [0.25, 0.3) is 0 Å². The number of ether oxygens (including phenoxy) is 1. The molecule has 1 aliphatic heterocycles. The van der Waals surface area contributed by atoms with Gasteiger partial charge in [-0.1, -0.05) is 0 Å². The SMILES string of the molecule is CC1(C)Oc2ccc(C#N)cc2C(Nc2ccc(=O)[nH]c2)C1O. The lowest BCUT2D eigenvalue weighted by atomic mass is 9.86. The quantitative estimate of drug-likeness (QED) is 0.787. The number of hydrogen-bond acceptors (Lipinski definition) is 5. The number of benzene rings is 1. The molecule has 0 spiro atoms. The Kier molecular flexibility index (Phi) is 3.58. The van der Waals surface area contributed by atoms with Gasteiger partial charge in [-0.15, -0.1) is 0 Å². The van der Waals surface area contributed by atoms with Gasteiger partial charge in [0.15, 0.2) is 0 Å². The Hall–Kier alpha value is -2.78. The van der Waals surface area contributed by atoms with E-state index in [-0.39, 0.29) is 5.56 Å². The maximum atomic E-state index is 11.2. The van der Waals surface area contributed by atoms with Gasteiger partial charge in [0, 0.05) is 17.8 Å². The second-order valence-electron chi connectivity index (χ2n) is 6.08. The van der Waals surface area contributed by atoms with E-state index in [9.17, 15) is 9.90 Å². The molecule has 1 aliphatic rings. The van der Waals surface area contributed by atoms with Crippen LogP contribution < -0.4 is 15.6 Å². The van der Waals surface area contributed by atoms with Gasteiger partial charge in [-0.25, -0.2) is 0 Å². The Morgan fingerprint density at radius 3 is 2.78 bits per heavy atom. The lowest BCUT2D eigenvalue weighted by molar-refractivity contribution is -0.0532. The Labute approximate surface area is 133 Å². The molecule has 1 aromatic carbocycles. The van der Waals surface area contributed by atoms with E-state index in [1.807, 2.05) is 0 Å². The smallest absolute Gasteiger partial charge is 0.248 e. The van der Waals surface area contributed by atoms with Crippen LogP contribution in [-0.2, 0) is 0 Å². The lowest BCUT2D eigenvalue weighted by Gasteiger charge is -2.42. The van der Waals surface area contributed by atoms with E-state index in [2.05, 4.69) is 16.4 Å². The Morgan fingerprint density at radius 2 is 2.13 bits per heavy atom. The van der Waals surface area contributed by atoms with Crippen molar-refractivity contribution in [1.82, 2.24) is 4.98 Å². The monoisotopic (exact) mass is 311 g/mol. The summed E-state index contributed by atoms with van der Waals surface area (Å²) in [5, 5.41) is 23.0. The number of hydrogen-bond donors (Lipinski definition) is 3. The first-order chi connectivity index (χ1) is 10.9. The van der Waals surface area contributed by atoms with Crippen molar-refractivity contribution >= 4 is 5.69 Å². The third-order valence-corrected chi connectivity index (χ3v) is 3.98. The molecule has 2 heterocycles. The fourth-order valence-corrected chi connectivity index (χ4v) is 2.71. The van der Waals surface area contributed by atoms with E-state index >= 15 is 0 Å². The zero-order chi connectivity index (χ0) is 16.6. The Morgan fingerprint density at radius 1 is 1.35 bits per heavy atom. The fourth-order valence-electron chi connectivity index (χ4n) is 2.71. The average molecular weight is 311 g/mol. The number of pyridine rings is 1. The molecule has 6 nitrogen and oxygen atoms in total. The molecule has 0 radical (unpaired) electrons. The molecule has 2 unspecified atom stereocenters. The van der Waals surface area contributed by atoms with Crippen LogP contribution in [0.3, 0.4) is 0 Å². The predicted molar refractivity (Wildman–Crippen MR) is 85.3 cm³/mol. The number of nitrogens with one attached hydrogen (secondary N) is 2. The normalized spacial score (nSPS) is 21.7. The van der Waals surface area contributed by atoms with Crippen LogP contribution in [0.15, 0.2) is 41.3 Å². The van der Waals surface area contributed by atoms with Gasteiger partial charge >= 0.3 is 0 Å². The number of H-pyrrole nitrogens is 1. The highest BCUT2D eigenvalue weighted by Crippen LogP contribution is 2.41. The van der Waals surface area contributed by atoms with Crippen LogP contribution in [0.2, 0.25) is 0 Å². The van der Waals surface area contributed by atoms with Crippen molar-refractivity contribution in [3.05, 3.63) is 58.0 Å². The molecule has 2 atom stereocenters. The van der Waals surface area contributed by atoms with E-state index in [1.165, 1.54) is 6.07 Å². The summed E-state index contributed by atoms with van der Waals surface area (Å²) < 4.78 is 5.86. The maximum absolute atomic E-state index is 11.2. The number of aromatic amines is 1. The van der Waals surface area contributed by atoms with Crippen LogP contribution in [0.1, 0.15) is 31.0 Å². The fraction of sp³-hybridized carbons (Fsp3) is 0.294. The first kappa shape index (κ1) is 15.1. The summed E-state index contributed by atoms with van der Waals surface area (Å²) in [6, 6.07) is 9.81. The number of aliphatic hydroxyl groups is 1.